The lowest BCUT2D eigenvalue weighted by atomic mass is 10.2. The zero-order valence-corrected chi connectivity index (χ0v) is 10.1. The van der Waals surface area contributed by atoms with E-state index in [9.17, 15) is 4.39 Å². The third-order valence-electron chi connectivity index (χ3n) is 3.07. The zero-order chi connectivity index (χ0) is 13.7. The van der Waals surface area contributed by atoms with Crippen LogP contribution in [-0.2, 0) is 0 Å². The number of anilines is 1. The summed E-state index contributed by atoms with van der Waals surface area (Å²) in [6.07, 6.45) is 3.04. The van der Waals surface area contributed by atoms with Crippen LogP contribution in [-0.4, -0.2) is 29.5 Å². The van der Waals surface area contributed by atoms with Gasteiger partial charge >= 0.3 is 0 Å². The molecule has 0 amide bonds. The Labute approximate surface area is 111 Å². The third kappa shape index (κ3) is 1.38. The Hall–Kier alpha value is -3.03. The van der Waals surface area contributed by atoms with Crippen LogP contribution in [0.1, 0.15) is 0 Å². The smallest absolute Gasteiger partial charge is 0.190 e. The second-order valence-electron chi connectivity index (χ2n) is 4.30. The van der Waals surface area contributed by atoms with Crippen LogP contribution in [0.15, 0.2) is 30.9 Å². The molecule has 0 aliphatic rings. The number of fused-ring (bicyclic) bond motifs is 3. The number of imidazole rings is 1. The molecule has 0 saturated carbocycles. The fourth-order valence-corrected chi connectivity index (χ4v) is 2.13. The van der Waals surface area contributed by atoms with Gasteiger partial charge in [0.05, 0.1) is 11.9 Å². The van der Waals surface area contributed by atoms with Crippen LogP contribution in [0.2, 0.25) is 0 Å². The summed E-state index contributed by atoms with van der Waals surface area (Å²) in [5, 5.41) is 8.09. The minimum atomic E-state index is -0.455. The van der Waals surface area contributed by atoms with E-state index in [0.29, 0.717) is 33.9 Å². The molecule has 0 saturated heterocycles. The Kier molecular flexibility index (Phi) is 2.02. The van der Waals surface area contributed by atoms with Crippen LogP contribution in [0.3, 0.4) is 0 Å². The molecule has 1 aromatic carbocycles. The van der Waals surface area contributed by atoms with Crippen molar-refractivity contribution in [1.29, 1.82) is 0 Å². The highest BCUT2D eigenvalue weighted by Gasteiger charge is 2.15. The van der Waals surface area contributed by atoms with Gasteiger partial charge in [-0.3, -0.25) is 4.40 Å². The topological polar surface area (TPSA) is 97.8 Å². The molecule has 0 atom stereocenters. The Morgan fingerprint density at radius 1 is 1.20 bits per heavy atom. The highest BCUT2D eigenvalue weighted by atomic mass is 19.1. The average molecular weight is 269 g/mol. The van der Waals surface area contributed by atoms with Crippen molar-refractivity contribution in [3.63, 3.8) is 0 Å². The van der Waals surface area contributed by atoms with E-state index in [1.807, 2.05) is 0 Å². The molecule has 0 aliphatic carbocycles. The van der Waals surface area contributed by atoms with Gasteiger partial charge in [-0.25, -0.2) is 14.4 Å². The van der Waals surface area contributed by atoms with Gasteiger partial charge in [-0.2, -0.15) is 0 Å². The Morgan fingerprint density at radius 3 is 2.95 bits per heavy atom. The Balaban J connectivity index is 2.05. The number of nitrogens with one attached hydrogen (secondary N) is 1. The molecule has 0 aliphatic heterocycles. The molecule has 0 spiro atoms. The molecule has 3 heterocycles. The number of rotatable bonds is 1. The molecule has 4 rings (SSSR count). The summed E-state index contributed by atoms with van der Waals surface area (Å²) in [4.78, 5) is 11.2. The maximum Gasteiger partial charge on any atom is 0.190 e. The standard InChI is InChI=1S/C12H8FN7/c13-8-3-6(14)1-2-7(8)11-18-19-12-9-10(16-4-15-9)17-5-20(11)12/h1-5H,14H2,(H,15,16). The molecule has 20 heavy (non-hydrogen) atoms. The third-order valence-corrected chi connectivity index (χ3v) is 3.07. The van der Waals surface area contributed by atoms with Gasteiger partial charge in [0.25, 0.3) is 0 Å². The van der Waals surface area contributed by atoms with E-state index in [2.05, 4.69) is 25.1 Å². The number of aromatic amines is 1. The maximum absolute atomic E-state index is 14.0. The quantitative estimate of drug-likeness (QED) is 0.509. The minimum absolute atomic E-state index is 0.312. The molecule has 0 bridgehead atoms. The van der Waals surface area contributed by atoms with E-state index < -0.39 is 5.82 Å². The fourth-order valence-electron chi connectivity index (χ4n) is 2.13. The first-order chi connectivity index (χ1) is 9.74. The molecule has 7 nitrogen and oxygen atoms in total. The van der Waals surface area contributed by atoms with E-state index in [0.717, 1.165) is 0 Å². The number of nitrogens with two attached hydrogens (primary N) is 1. The minimum Gasteiger partial charge on any atom is -0.399 e. The molecule has 8 heteroatoms. The summed E-state index contributed by atoms with van der Waals surface area (Å²) < 4.78 is 15.6. The number of H-pyrrole nitrogens is 1. The Morgan fingerprint density at radius 2 is 2.10 bits per heavy atom. The number of halogens is 1. The van der Waals surface area contributed by atoms with E-state index >= 15 is 0 Å². The summed E-state index contributed by atoms with van der Waals surface area (Å²) in [7, 11) is 0. The van der Waals surface area contributed by atoms with Crippen molar-refractivity contribution >= 4 is 22.5 Å². The number of benzene rings is 1. The van der Waals surface area contributed by atoms with Gasteiger partial charge in [-0.1, -0.05) is 0 Å². The molecule has 3 aromatic heterocycles. The highest BCUT2D eigenvalue weighted by Crippen LogP contribution is 2.24. The van der Waals surface area contributed by atoms with Crippen molar-refractivity contribution in [3.8, 4) is 11.4 Å². The summed E-state index contributed by atoms with van der Waals surface area (Å²) in [6, 6.07) is 4.43. The number of nitrogen functional groups attached to an aromatic ring is 1. The summed E-state index contributed by atoms with van der Waals surface area (Å²) in [6.45, 7) is 0. The van der Waals surface area contributed by atoms with Crippen LogP contribution < -0.4 is 5.73 Å². The first-order valence-corrected chi connectivity index (χ1v) is 5.82. The van der Waals surface area contributed by atoms with E-state index in [-0.39, 0.29) is 0 Å². The molecule has 0 radical (unpaired) electrons. The number of nitrogens with zero attached hydrogens (tertiary/aromatic N) is 5. The van der Waals surface area contributed by atoms with Gasteiger partial charge in [-0.15, -0.1) is 10.2 Å². The van der Waals surface area contributed by atoms with Gasteiger partial charge in [0, 0.05) is 5.69 Å². The lowest BCUT2D eigenvalue weighted by molar-refractivity contribution is 0.630. The summed E-state index contributed by atoms with van der Waals surface area (Å²) >= 11 is 0. The average Bonchev–Trinajstić information content (AvgIpc) is 3.03. The molecule has 0 fully saturated rings. The molecular weight excluding hydrogens is 261 g/mol. The zero-order valence-electron chi connectivity index (χ0n) is 10.1. The van der Waals surface area contributed by atoms with Gasteiger partial charge in [0.2, 0.25) is 0 Å². The van der Waals surface area contributed by atoms with Crippen molar-refractivity contribution in [2.75, 3.05) is 5.73 Å². The molecule has 4 aromatic rings. The van der Waals surface area contributed by atoms with Crippen molar-refractivity contribution in [3.05, 3.63) is 36.7 Å². The van der Waals surface area contributed by atoms with Gasteiger partial charge in [0.1, 0.15) is 17.7 Å². The van der Waals surface area contributed by atoms with Crippen LogP contribution in [0.25, 0.3) is 28.2 Å². The molecule has 3 N–H and O–H groups in total. The van der Waals surface area contributed by atoms with Gasteiger partial charge in [-0.05, 0) is 18.2 Å². The predicted molar refractivity (Wildman–Crippen MR) is 70.2 cm³/mol. The van der Waals surface area contributed by atoms with Crippen LogP contribution in [0.4, 0.5) is 10.1 Å². The highest BCUT2D eigenvalue weighted by molar-refractivity contribution is 5.85. The summed E-state index contributed by atoms with van der Waals surface area (Å²) in [5.74, 6) is -0.0921. The van der Waals surface area contributed by atoms with Crippen molar-refractivity contribution in [1.82, 2.24) is 29.5 Å². The maximum atomic E-state index is 14.0. The largest absolute Gasteiger partial charge is 0.399 e. The van der Waals surface area contributed by atoms with Crippen LogP contribution in [0, 0.1) is 5.82 Å². The normalized spacial score (nSPS) is 11.4. The van der Waals surface area contributed by atoms with Crippen molar-refractivity contribution in [2.24, 2.45) is 0 Å². The number of aromatic nitrogens is 6. The van der Waals surface area contributed by atoms with Gasteiger partial charge in [0.15, 0.2) is 17.1 Å². The van der Waals surface area contributed by atoms with Crippen molar-refractivity contribution < 1.29 is 4.39 Å². The lowest BCUT2D eigenvalue weighted by Crippen LogP contribution is -1.95. The van der Waals surface area contributed by atoms with E-state index in [1.54, 1.807) is 16.5 Å². The fraction of sp³-hybridized carbons (Fsp3) is 0. The SMILES string of the molecule is Nc1ccc(-c2nnc3c4[nH]cnc4ncn23)c(F)c1. The second kappa shape index (κ2) is 3.73. The Bertz CT molecular complexity index is 939. The van der Waals surface area contributed by atoms with E-state index in [1.165, 1.54) is 18.7 Å². The number of hydrogen-bond donors (Lipinski definition) is 2. The van der Waals surface area contributed by atoms with E-state index in [4.69, 9.17) is 5.73 Å². The lowest BCUT2D eigenvalue weighted by Gasteiger charge is -2.02. The number of hydrogen-bond acceptors (Lipinski definition) is 5. The first kappa shape index (κ1) is 10.9. The second-order valence-corrected chi connectivity index (χ2v) is 4.30. The monoisotopic (exact) mass is 269 g/mol. The molecule has 98 valence electrons. The predicted octanol–water partition coefficient (Wildman–Crippen LogP) is 1.39. The van der Waals surface area contributed by atoms with Crippen LogP contribution >= 0.6 is 0 Å². The molecule has 0 unspecified atom stereocenters. The molecular formula is C12H8FN7. The van der Waals surface area contributed by atoms with Gasteiger partial charge < -0.3 is 10.7 Å². The summed E-state index contributed by atoms with van der Waals surface area (Å²) in [5.41, 5.74) is 7.95. The van der Waals surface area contributed by atoms with Crippen LogP contribution in [0.5, 0.6) is 0 Å². The van der Waals surface area contributed by atoms with Crippen molar-refractivity contribution in [2.45, 2.75) is 0 Å². The first-order valence-electron chi connectivity index (χ1n) is 5.82.